The summed E-state index contributed by atoms with van der Waals surface area (Å²) in [5.41, 5.74) is 0. The SMILES string of the molecule is COc1ccc(S(=O)(=O)N(C)CC(=O)NC2CCC(C)CC2)cc1. The summed E-state index contributed by atoms with van der Waals surface area (Å²) >= 11 is 0. The number of sulfonamides is 1. The van der Waals surface area contributed by atoms with Crippen LogP contribution in [0.2, 0.25) is 0 Å². The first-order valence-corrected chi connectivity index (χ1v) is 9.66. The lowest BCUT2D eigenvalue weighted by Gasteiger charge is -2.27. The molecule has 0 spiro atoms. The molecule has 0 aliphatic heterocycles. The molecule has 1 aliphatic rings. The first kappa shape index (κ1) is 18.7. The standard InChI is InChI=1S/C17H26N2O4S/c1-13-4-6-14(7-5-13)18-17(20)12-19(2)24(21,22)16-10-8-15(23-3)9-11-16/h8-11,13-14H,4-7,12H2,1-3H3,(H,18,20). The highest BCUT2D eigenvalue weighted by Gasteiger charge is 2.25. The molecule has 1 N–H and O–H groups in total. The van der Waals surface area contributed by atoms with Crippen LogP contribution in [-0.4, -0.2) is 45.4 Å². The van der Waals surface area contributed by atoms with Crippen molar-refractivity contribution in [2.24, 2.45) is 5.92 Å². The fourth-order valence-corrected chi connectivity index (χ4v) is 4.02. The van der Waals surface area contributed by atoms with Crippen molar-refractivity contribution in [1.29, 1.82) is 0 Å². The highest BCUT2D eigenvalue weighted by molar-refractivity contribution is 7.89. The van der Waals surface area contributed by atoms with E-state index >= 15 is 0 Å². The maximum absolute atomic E-state index is 12.5. The fourth-order valence-electron chi connectivity index (χ4n) is 2.89. The monoisotopic (exact) mass is 354 g/mol. The second kappa shape index (κ2) is 7.98. The predicted molar refractivity (Wildman–Crippen MR) is 92.4 cm³/mol. The van der Waals surface area contributed by atoms with Gasteiger partial charge in [-0.2, -0.15) is 4.31 Å². The molecule has 0 saturated heterocycles. The second-order valence-corrected chi connectivity index (χ2v) is 8.51. The molecule has 6 nitrogen and oxygen atoms in total. The highest BCUT2D eigenvalue weighted by Crippen LogP contribution is 2.23. The van der Waals surface area contributed by atoms with Crippen LogP contribution in [0.15, 0.2) is 29.2 Å². The van der Waals surface area contributed by atoms with E-state index in [1.54, 1.807) is 12.1 Å². The molecule has 0 atom stereocenters. The molecule has 1 fully saturated rings. The van der Waals surface area contributed by atoms with Crippen molar-refractivity contribution in [1.82, 2.24) is 9.62 Å². The molecule has 1 amide bonds. The zero-order valence-electron chi connectivity index (χ0n) is 14.5. The lowest BCUT2D eigenvalue weighted by Crippen LogP contribution is -2.43. The van der Waals surface area contributed by atoms with Gasteiger partial charge in [0.2, 0.25) is 15.9 Å². The van der Waals surface area contributed by atoms with Gasteiger partial charge in [-0.1, -0.05) is 6.92 Å². The molecule has 7 heteroatoms. The lowest BCUT2D eigenvalue weighted by molar-refractivity contribution is -0.122. The Kier molecular flexibility index (Phi) is 6.23. The molecule has 0 unspecified atom stereocenters. The van der Waals surface area contributed by atoms with Crippen molar-refractivity contribution in [2.45, 2.75) is 43.5 Å². The first-order valence-electron chi connectivity index (χ1n) is 8.22. The van der Waals surface area contributed by atoms with E-state index in [1.165, 1.54) is 26.3 Å². The van der Waals surface area contributed by atoms with E-state index < -0.39 is 10.0 Å². The van der Waals surface area contributed by atoms with Crippen LogP contribution in [0.5, 0.6) is 5.75 Å². The molecule has 1 aliphatic carbocycles. The minimum atomic E-state index is -3.69. The predicted octanol–water partition coefficient (Wildman–Crippen LogP) is 2.01. The van der Waals surface area contributed by atoms with Crippen LogP contribution in [0.3, 0.4) is 0 Å². The topological polar surface area (TPSA) is 75.7 Å². The molecule has 134 valence electrons. The number of carbonyl (C=O) groups excluding carboxylic acids is 1. The van der Waals surface area contributed by atoms with Crippen molar-refractivity contribution >= 4 is 15.9 Å². The Morgan fingerprint density at radius 1 is 1.21 bits per heavy atom. The number of likely N-dealkylation sites (N-methyl/N-ethyl adjacent to an activating group) is 1. The van der Waals surface area contributed by atoms with Crippen LogP contribution >= 0.6 is 0 Å². The number of methoxy groups -OCH3 is 1. The zero-order valence-corrected chi connectivity index (χ0v) is 15.3. The van der Waals surface area contributed by atoms with Crippen molar-refractivity contribution in [3.05, 3.63) is 24.3 Å². The summed E-state index contributed by atoms with van der Waals surface area (Å²) in [5.74, 6) is 1.03. The summed E-state index contributed by atoms with van der Waals surface area (Å²) < 4.78 is 31.1. The number of nitrogens with one attached hydrogen (secondary N) is 1. The quantitative estimate of drug-likeness (QED) is 0.848. The summed E-state index contributed by atoms with van der Waals surface area (Å²) in [4.78, 5) is 12.3. The van der Waals surface area contributed by atoms with Crippen molar-refractivity contribution in [2.75, 3.05) is 20.7 Å². The number of carbonyl (C=O) groups is 1. The van der Waals surface area contributed by atoms with E-state index in [9.17, 15) is 13.2 Å². The molecule has 2 rings (SSSR count). The zero-order chi connectivity index (χ0) is 17.7. The maximum Gasteiger partial charge on any atom is 0.243 e. The number of benzene rings is 1. The highest BCUT2D eigenvalue weighted by atomic mass is 32.2. The van der Waals surface area contributed by atoms with Gasteiger partial charge in [0.1, 0.15) is 5.75 Å². The van der Waals surface area contributed by atoms with E-state index in [-0.39, 0.29) is 23.4 Å². The Bertz CT molecular complexity index is 650. The molecule has 1 saturated carbocycles. The molecule has 0 bridgehead atoms. The molecule has 24 heavy (non-hydrogen) atoms. The molecule has 0 aromatic heterocycles. The number of rotatable bonds is 6. The van der Waals surface area contributed by atoms with Crippen molar-refractivity contribution in [3.63, 3.8) is 0 Å². The second-order valence-electron chi connectivity index (χ2n) is 6.46. The molecule has 1 aromatic rings. The molecule has 1 aromatic carbocycles. The third-order valence-corrected chi connectivity index (χ3v) is 6.33. The van der Waals surface area contributed by atoms with Gasteiger partial charge in [0.15, 0.2) is 0 Å². The van der Waals surface area contributed by atoms with Gasteiger partial charge in [0, 0.05) is 13.1 Å². The van der Waals surface area contributed by atoms with Gasteiger partial charge in [-0.05, 0) is 55.9 Å². The van der Waals surface area contributed by atoms with Gasteiger partial charge in [-0.3, -0.25) is 4.79 Å². The number of hydrogen-bond acceptors (Lipinski definition) is 4. The third-order valence-electron chi connectivity index (χ3n) is 4.51. The van der Waals surface area contributed by atoms with Gasteiger partial charge in [0.25, 0.3) is 0 Å². The maximum atomic E-state index is 12.5. The van der Waals surface area contributed by atoms with Crippen molar-refractivity contribution in [3.8, 4) is 5.75 Å². The van der Waals surface area contributed by atoms with Gasteiger partial charge >= 0.3 is 0 Å². The van der Waals surface area contributed by atoms with Crippen molar-refractivity contribution < 1.29 is 17.9 Å². The van der Waals surface area contributed by atoms with Crippen LogP contribution < -0.4 is 10.1 Å². The average Bonchev–Trinajstić information content (AvgIpc) is 2.57. The van der Waals surface area contributed by atoms with Crippen LogP contribution in [-0.2, 0) is 14.8 Å². The normalized spacial score (nSPS) is 21.5. The van der Waals surface area contributed by atoms with Crippen LogP contribution in [0.25, 0.3) is 0 Å². The summed E-state index contributed by atoms with van der Waals surface area (Å²) in [6, 6.07) is 6.29. The van der Waals surface area contributed by atoms with E-state index in [1.807, 2.05) is 0 Å². The Hall–Kier alpha value is -1.60. The van der Waals surface area contributed by atoms with E-state index in [2.05, 4.69) is 12.2 Å². The number of nitrogens with zero attached hydrogens (tertiary/aromatic N) is 1. The molecular formula is C17H26N2O4S. The van der Waals surface area contributed by atoms with Gasteiger partial charge < -0.3 is 10.1 Å². The summed E-state index contributed by atoms with van der Waals surface area (Å²) in [5, 5.41) is 2.95. The Morgan fingerprint density at radius 3 is 2.33 bits per heavy atom. The fraction of sp³-hybridized carbons (Fsp3) is 0.588. The summed E-state index contributed by atoms with van der Waals surface area (Å²) in [6.07, 6.45) is 4.12. The minimum Gasteiger partial charge on any atom is -0.497 e. The molecule has 0 radical (unpaired) electrons. The molecular weight excluding hydrogens is 328 g/mol. The van der Waals surface area contributed by atoms with Gasteiger partial charge in [-0.15, -0.1) is 0 Å². The number of amides is 1. The smallest absolute Gasteiger partial charge is 0.243 e. The van der Waals surface area contributed by atoms with Gasteiger partial charge in [0.05, 0.1) is 18.6 Å². The Morgan fingerprint density at radius 2 is 1.79 bits per heavy atom. The number of ether oxygens (including phenoxy) is 1. The van der Waals surface area contributed by atoms with Crippen LogP contribution in [0.4, 0.5) is 0 Å². The third kappa shape index (κ3) is 4.70. The van der Waals surface area contributed by atoms with E-state index in [0.717, 1.165) is 30.0 Å². The van der Waals surface area contributed by atoms with E-state index in [0.29, 0.717) is 11.7 Å². The number of hydrogen-bond donors (Lipinski definition) is 1. The largest absolute Gasteiger partial charge is 0.497 e. The van der Waals surface area contributed by atoms with E-state index in [4.69, 9.17) is 4.74 Å². The molecule has 0 heterocycles. The minimum absolute atomic E-state index is 0.144. The summed E-state index contributed by atoms with van der Waals surface area (Å²) in [6.45, 7) is 2.04. The Balaban J connectivity index is 1.94. The summed E-state index contributed by atoms with van der Waals surface area (Å²) in [7, 11) is -0.753. The first-order chi connectivity index (χ1) is 11.3. The van der Waals surface area contributed by atoms with Crippen LogP contribution in [0, 0.1) is 5.92 Å². The van der Waals surface area contributed by atoms with Crippen LogP contribution in [0.1, 0.15) is 32.6 Å². The Labute approximate surface area is 144 Å². The van der Waals surface area contributed by atoms with Gasteiger partial charge in [-0.25, -0.2) is 8.42 Å². The average molecular weight is 354 g/mol. The lowest BCUT2D eigenvalue weighted by atomic mass is 9.87.